The molecule has 0 aromatic carbocycles. The molecule has 0 aliphatic carbocycles. The summed E-state index contributed by atoms with van der Waals surface area (Å²) in [6.45, 7) is 4.07. The summed E-state index contributed by atoms with van der Waals surface area (Å²) in [5.74, 6) is -1.00. The van der Waals surface area contributed by atoms with Crippen molar-refractivity contribution < 1.29 is 17.5 Å². The zero-order valence-electron chi connectivity index (χ0n) is 13.5. The average molecular weight is 420 g/mol. The Hall–Kier alpha value is -0.831. The van der Waals surface area contributed by atoms with Crippen molar-refractivity contribution in [2.45, 2.75) is 48.4 Å². The van der Waals surface area contributed by atoms with E-state index in [0.29, 0.717) is 0 Å². The van der Waals surface area contributed by atoms with E-state index in [0.717, 1.165) is 34.6 Å². The number of carbonyl (C=O) groups excluding carboxylic acids is 3. The van der Waals surface area contributed by atoms with Gasteiger partial charge in [0.2, 0.25) is 0 Å². The topological polar surface area (TPSA) is 96.5 Å². The predicted molar refractivity (Wildman–Crippen MR) is 85.3 cm³/mol. The summed E-state index contributed by atoms with van der Waals surface area (Å²) in [5, 5.41) is 5.03. The number of nitrogens with one attached hydrogen (secondary N) is 3. The summed E-state index contributed by atoms with van der Waals surface area (Å²) in [7, 11) is 0. The van der Waals surface area contributed by atoms with Crippen molar-refractivity contribution in [3.8, 4) is 0 Å². The van der Waals surface area contributed by atoms with E-state index in [9.17, 15) is 14.4 Å². The molecule has 1 fully saturated rings. The Bertz CT molecular complexity index is 396. The van der Waals surface area contributed by atoms with Crippen LogP contribution >= 0.6 is 0 Å². The Morgan fingerprint density at radius 3 is 2.05 bits per heavy atom. The molecule has 0 atom stereocenters. The first-order chi connectivity index (χ1) is 10.5. The van der Waals surface area contributed by atoms with E-state index in [1.165, 1.54) is 0 Å². The first-order valence-electron chi connectivity index (χ1n) is 8.01. The molecule has 1 heterocycles. The zero-order chi connectivity index (χ0) is 16.4. The second-order valence-corrected chi connectivity index (χ2v) is 15.7. The van der Waals surface area contributed by atoms with Gasteiger partial charge in [-0.1, -0.05) is 0 Å². The predicted octanol–water partition coefficient (Wildman–Crippen LogP) is 0.408. The molecule has 8 heteroatoms. The van der Waals surface area contributed by atoms with E-state index in [4.69, 9.17) is 3.07 Å². The Kier molecular flexibility index (Phi) is 8.77. The SMILES string of the molecule is CCC[CH2][Sn]1([CH2]CCC)[NH]CC(=O)NCC(=O)NCC(=O)[O]1. The number of hydrogen-bond donors (Lipinski definition) is 3. The summed E-state index contributed by atoms with van der Waals surface area (Å²) in [6.07, 6.45) is 4.00. The fourth-order valence-electron chi connectivity index (χ4n) is 2.33. The molecule has 0 unspecified atom stereocenters. The molecule has 0 aromatic heterocycles. The number of unbranched alkanes of at least 4 members (excludes halogenated alkanes) is 2. The van der Waals surface area contributed by atoms with Crippen molar-refractivity contribution in [3.63, 3.8) is 0 Å². The van der Waals surface area contributed by atoms with Gasteiger partial charge in [0.1, 0.15) is 0 Å². The van der Waals surface area contributed by atoms with Crippen molar-refractivity contribution in [2.75, 3.05) is 19.6 Å². The van der Waals surface area contributed by atoms with Crippen LogP contribution in [0.5, 0.6) is 0 Å². The van der Waals surface area contributed by atoms with Gasteiger partial charge in [0.05, 0.1) is 0 Å². The molecule has 1 rings (SSSR count). The first kappa shape index (κ1) is 19.2. The van der Waals surface area contributed by atoms with Gasteiger partial charge in [0.15, 0.2) is 0 Å². The molecule has 1 aliphatic heterocycles. The van der Waals surface area contributed by atoms with E-state index in [1.54, 1.807) is 0 Å². The molecular formula is C14H27N3O4Sn. The first-order valence-corrected chi connectivity index (χ1v) is 14.6. The van der Waals surface area contributed by atoms with Crippen LogP contribution in [0.15, 0.2) is 0 Å². The molecule has 3 N–H and O–H groups in total. The summed E-state index contributed by atoms with van der Waals surface area (Å²) >= 11 is -3.39. The second kappa shape index (κ2) is 10.0. The third kappa shape index (κ3) is 6.95. The molecule has 0 spiro atoms. The fourth-order valence-corrected chi connectivity index (χ4v) is 13.0. The average Bonchev–Trinajstić information content (AvgIpc) is 2.53. The van der Waals surface area contributed by atoms with Crippen molar-refractivity contribution in [3.05, 3.63) is 0 Å². The van der Waals surface area contributed by atoms with Gasteiger partial charge in [-0.25, -0.2) is 0 Å². The summed E-state index contributed by atoms with van der Waals surface area (Å²) < 4.78 is 10.9. The third-order valence-electron chi connectivity index (χ3n) is 3.62. The van der Waals surface area contributed by atoms with Crippen LogP contribution in [0.4, 0.5) is 0 Å². The van der Waals surface area contributed by atoms with Crippen LogP contribution in [0, 0.1) is 0 Å². The second-order valence-electron chi connectivity index (χ2n) is 5.58. The van der Waals surface area contributed by atoms with Crippen LogP contribution in [-0.4, -0.2) is 56.5 Å². The summed E-state index contributed by atoms with van der Waals surface area (Å²) in [6, 6.07) is 0. The van der Waals surface area contributed by atoms with Gasteiger partial charge >= 0.3 is 137 Å². The molecule has 126 valence electrons. The van der Waals surface area contributed by atoms with Crippen LogP contribution in [0.2, 0.25) is 8.87 Å². The van der Waals surface area contributed by atoms with Crippen molar-refractivity contribution in [1.29, 1.82) is 0 Å². The molecule has 0 aromatic rings. The molecule has 22 heavy (non-hydrogen) atoms. The van der Waals surface area contributed by atoms with Gasteiger partial charge in [-0.05, 0) is 0 Å². The van der Waals surface area contributed by atoms with Crippen LogP contribution in [0.25, 0.3) is 0 Å². The van der Waals surface area contributed by atoms with Crippen LogP contribution < -0.4 is 14.2 Å². The number of rotatable bonds is 6. The minimum absolute atomic E-state index is 0.111. The molecule has 0 bridgehead atoms. The monoisotopic (exact) mass is 421 g/mol. The summed E-state index contributed by atoms with van der Waals surface area (Å²) in [5.41, 5.74) is 0. The van der Waals surface area contributed by atoms with E-state index >= 15 is 0 Å². The van der Waals surface area contributed by atoms with Crippen LogP contribution in [-0.2, 0) is 17.5 Å². The maximum atomic E-state index is 12.1. The number of amides is 2. The third-order valence-corrected chi connectivity index (χ3v) is 14.4. The van der Waals surface area contributed by atoms with E-state index in [1.807, 2.05) is 0 Å². The van der Waals surface area contributed by atoms with Crippen molar-refractivity contribution in [1.82, 2.24) is 14.2 Å². The quantitative estimate of drug-likeness (QED) is 0.542. The van der Waals surface area contributed by atoms with Gasteiger partial charge in [0.25, 0.3) is 0 Å². The standard InChI is InChI=1S/C6H10N3O4.2C4H9.Sn/c7-1-4(10)8-2-5(11)9-3-6(12)13;2*1-3-4-2;/h7H,1-3H2,(H,8,10)(H,9,11)(H,12,13);2*1,3-4H2,2H3;/q-1;;;+2/p-1. The fraction of sp³-hybridized carbons (Fsp3) is 0.786. The van der Waals surface area contributed by atoms with Crippen molar-refractivity contribution in [2.24, 2.45) is 0 Å². The molecule has 1 saturated heterocycles. The van der Waals surface area contributed by atoms with E-state index < -0.39 is 25.0 Å². The Balaban J connectivity index is 2.88. The summed E-state index contributed by atoms with van der Waals surface area (Å²) in [4.78, 5) is 35.3. The molecule has 7 nitrogen and oxygen atoms in total. The molecule has 0 radical (unpaired) electrons. The molecule has 0 saturated carbocycles. The minimum atomic E-state index is -3.39. The van der Waals surface area contributed by atoms with Crippen LogP contribution in [0.1, 0.15) is 39.5 Å². The number of hydrogen-bond acceptors (Lipinski definition) is 5. The maximum absolute atomic E-state index is 12.1. The van der Waals surface area contributed by atoms with Crippen molar-refractivity contribution >= 4 is 36.8 Å². The molecule has 2 amide bonds. The van der Waals surface area contributed by atoms with Gasteiger partial charge in [-0.3, -0.25) is 0 Å². The number of carbonyl (C=O) groups is 3. The van der Waals surface area contributed by atoms with Gasteiger partial charge in [0, 0.05) is 0 Å². The van der Waals surface area contributed by atoms with Gasteiger partial charge in [-0.15, -0.1) is 0 Å². The van der Waals surface area contributed by atoms with Gasteiger partial charge < -0.3 is 0 Å². The molecule has 1 aliphatic rings. The Morgan fingerprint density at radius 1 is 0.909 bits per heavy atom. The Morgan fingerprint density at radius 2 is 1.45 bits per heavy atom. The van der Waals surface area contributed by atoms with E-state index in [2.05, 4.69) is 28.0 Å². The molecular weight excluding hydrogens is 393 g/mol. The zero-order valence-corrected chi connectivity index (χ0v) is 16.4. The normalized spacial score (nSPS) is 19.6. The van der Waals surface area contributed by atoms with Gasteiger partial charge in [-0.2, -0.15) is 0 Å². The van der Waals surface area contributed by atoms with E-state index in [-0.39, 0.29) is 31.4 Å². The Labute approximate surface area is 136 Å². The van der Waals surface area contributed by atoms with Crippen LogP contribution in [0.3, 0.4) is 0 Å².